The van der Waals surface area contributed by atoms with Gasteiger partial charge in [0.15, 0.2) is 5.13 Å². The highest BCUT2D eigenvalue weighted by Gasteiger charge is 2.17. The molecule has 2 aromatic rings. The Bertz CT molecular complexity index is 542. The number of thiazole rings is 1. The highest BCUT2D eigenvalue weighted by molar-refractivity contribution is 7.22. The van der Waals surface area contributed by atoms with Crippen LogP contribution in [0.1, 0.15) is 19.3 Å². The molecule has 1 saturated heterocycles. The highest BCUT2D eigenvalue weighted by atomic mass is 32.1. The summed E-state index contributed by atoms with van der Waals surface area (Å²) in [6, 6.07) is 7.93. The molecule has 0 aliphatic carbocycles. The average Bonchev–Trinajstić information content (AvgIpc) is 2.81. The van der Waals surface area contributed by atoms with Crippen molar-refractivity contribution in [2.24, 2.45) is 5.92 Å². The van der Waals surface area contributed by atoms with E-state index in [9.17, 15) is 4.79 Å². The Hall–Kier alpha value is -1.46. The predicted octanol–water partition coefficient (Wildman–Crippen LogP) is 2.62. The van der Waals surface area contributed by atoms with E-state index in [1.54, 1.807) is 0 Å². The van der Waals surface area contributed by atoms with E-state index in [4.69, 9.17) is 0 Å². The van der Waals surface area contributed by atoms with E-state index in [1.165, 1.54) is 17.8 Å². The monoisotopic (exact) mass is 275 g/mol. The van der Waals surface area contributed by atoms with Gasteiger partial charge in [-0.3, -0.25) is 4.79 Å². The van der Waals surface area contributed by atoms with Crippen LogP contribution in [-0.2, 0) is 4.79 Å². The van der Waals surface area contributed by atoms with Crippen LogP contribution in [-0.4, -0.2) is 24.0 Å². The topological polar surface area (TPSA) is 54.0 Å². The fraction of sp³-hybridized carbons (Fsp3) is 0.429. The Labute approximate surface area is 116 Å². The normalized spacial score (nSPS) is 19.5. The van der Waals surface area contributed by atoms with Crippen LogP contribution in [0, 0.1) is 5.92 Å². The number of hydrogen-bond donors (Lipinski definition) is 2. The molecule has 1 aromatic carbocycles. The van der Waals surface area contributed by atoms with Crippen molar-refractivity contribution >= 4 is 32.6 Å². The molecule has 1 unspecified atom stereocenters. The Morgan fingerprint density at radius 3 is 3.16 bits per heavy atom. The molecule has 5 heteroatoms. The second-order valence-corrected chi connectivity index (χ2v) is 5.98. The van der Waals surface area contributed by atoms with E-state index >= 15 is 0 Å². The van der Waals surface area contributed by atoms with Crippen molar-refractivity contribution < 1.29 is 4.79 Å². The van der Waals surface area contributed by atoms with E-state index < -0.39 is 0 Å². The molecule has 0 saturated carbocycles. The number of para-hydroxylation sites is 1. The lowest BCUT2D eigenvalue weighted by Gasteiger charge is -2.21. The molecule has 1 fully saturated rings. The highest BCUT2D eigenvalue weighted by Crippen LogP contribution is 2.25. The molecule has 100 valence electrons. The Morgan fingerprint density at radius 1 is 1.47 bits per heavy atom. The van der Waals surface area contributed by atoms with Crippen molar-refractivity contribution in [3.05, 3.63) is 24.3 Å². The summed E-state index contributed by atoms with van der Waals surface area (Å²) >= 11 is 1.53. The maximum atomic E-state index is 12.0. The first kappa shape index (κ1) is 12.6. The molecular formula is C14H17N3OS. The van der Waals surface area contributed by atoms with Crippen molar-refractivity contribution in [1.82, 2.24) is 10.3 Å². The summed E-state index contributed by atoms with van der Waals surface area (Å²) in [6.07, 6.45) is 2.89. The van der Waals surface area contributed by atoms with Gasteiger partial charge in [0.1, 0.15) is 0 Å². The zero-order valence-electron chi connectivity index (χ0n) is 10.7. The van der Waals surface area contributed by atoms with Crippen LogP contribution in [0.2, 0.25) is 0 Å². The molecule has 1 amide bonds. The Kier molecular flexibility index (Phi) is 3.75. The molecule has 3 rings (SSSR count). The smallest absolute Gasteiger partial charge is 0.226 e. The van der Waals surface area contributed by atoms with E-state index in [1.807, 2.05) is 24.3 Å². The van der Waals surface area contributed by atoms with E-state index in [0.717, 1.165) is 29.7 Å². The lowest BCUT2D eigenvalue weighted by Crippen LogP contribution is -2.32. The van der Waals surface area contributed by atoms with E-state index in [0.29, 0.717) is 17.5 Å². The summed E-state index contributed by atoms with van der Waals surface area (Å²) in [4.78, 5) is 16.4. The first-order valence-electron chi connectivity index (χ1n) is 6.67. The number of hydrogen-bond acceptors (Lipinski definition) is 4. The third-order valence-corrected chi connectivity index (χ3v) is 4.37. The van der Waals surface area contributed by atoms with Gasteiger partial charge in [0, 0.05) is 6.42 Å². The maximum Gasteiger partial charge on any atom is 0.226 e. The molecule has 2 heterocycles. The first-order chi connectivity index (χ1) is 9.31. The van der Waals surface area contributed by atoms with Gasteiger partial charge in [-0.15, -0.1) is 0 Å². The van der Waals surface area contributed by atoms with Gasteiger partial charge in [0.05, 0.1) is 10.2 Å². The van der Waals surface area contributed by atoms with Gasteiger partial charge in [-0.05, 0) is 44.0 Å². The summed E-state index contributed by atoms with van der Waals surface area (Å²) < 4.78 is 1.11. The zero-order valence-corrected chi connectivity index (χ0v) is 11.5. The number of piperidine rings is 1. The summed E-state index contributed by atoms with van der Waals surface area (Å²) in [7, 11) is 0. The fourth-order valence-corrected chi connectivity index (χ4v) is 3.34. The van der Waals surface area contributed by atoms with Crippen LogP contribution in [0.4, 0.5) is 5.13 Å². The van der Waals surface area contributed by atoms with Crippen molar-refractivity contribution in [1.29, 1.82) is 0 Å². The largest absolute Gasteiger partial charge is 0.316 e. The van der Waals surface area contributed by atoms with Crippen LogP contribution in [0.15, 0.2) is 24.3 Å². The van der Waals surface area contributed by atoms with Crippen molar-refractivity contribution in [3.63, 3.8) is 0 Å². The summed E-state index contributed by atoms with van der Waals surface area (Å²) in [5.74, 6) is 0.538. The zero-order chi connectivity index (χ0) is 13.1. The molecular weight excluding hydrogens is 258 g/mol. The number of nitrogens with zero attached hydrogens (tertiary/aromatic N) is 1. The predicted molar refractivity (Wildman–Crippen MR) is 78.5 cm³/mol. The number of carbonyl (C=O) groups excluding carboxylic acids is 1. The molecule has 1 aromatic heterocycles. The third kappa shape index (κ3) is 3.11. The fourth-order valence-electron chi connectivity index (χ4n) is 2.46. The molecule has 0 bridgehead atoms. The molecule has 2 N–H and O–H groups in total. The van der Waals surface area contributed by atoms with Gasteiger partial charge < -0.3 is 10.6 Å². The van der Waals surface area contributed by atoms with Gasteiger partial charge in [-0.2, -0.15) is 0 Å². The van der Waals surface area contributed by atoms with Gasteiger partial charge in [0.2, 0.25) is 5.91 Å². The number of aromatic nitrogens is 1. The molecule has 0 radical (unpaired) electrons. The number of anilines is 1. The molecule has 0 spiro atoms. The molecule has 4 nitrogen and oxygen atoms in total. The minimum atomic E-state index is 0.0766. The number of rotatable bonds is 3. The van der Waals surface area contributed by atoms with Crippen LogP contribution < -0.4 is 10.6 Å². The average molecular weight is 275 g/mol. The van der Waals surface area contributed by atoms with Crippen LogP contribution in [0.5, 0.6) is 0 Å². The number of benzene rings is 1. The lowest BCUT2D eigenvalue weighted by atomic mass is 9.96. The number of nitrogens with one attached hydrogen (secondary N) is 2. The van der Waals surface area contributed by atoms with Crippen LogP contribution in [0.25, 0.3) is 10.2 Å². The van der Waals surface area contributed by atoms with Crippen molar-refractivity contribution in [3.8, 4) is 0 Å². The van der Waals surface area contributed by atoms with Crippen molar-refractivity contribution in [2.45, 2.75) is 19.3 Å². The van der Waals surface area contributed by atoms with Crippen LogP contribution in [0.3, 0.4) is 0 Å². The van der Waals surface area contributed by atoms with Gasteiger partial charge in [-0.25, -0.2) is 4.98 Å². The number of carbonyl (C=O) groups is 1. The minimum Gasteiger partial charge on any atom is -0.316 e. The third-order valence-electron chi connectivity index (χ3n) is 3.41. The maximum absolute atomic E-state index is 12.0. The molecule has 19 heavy (non-hydrogen) atoms. The second kappa shape index (κ2) is 5.67. The first-order valence-corrected chi connectivity index (χ1v) is 7.49. The quantitative estimate of drug-likeness (QED) is 0.905. The SMILES string of the molecule is O=C(CC1CCCNC1)Nc1nc2ccccc2s1. The van der Waals surface area contributed by atoms with E-state index in [-0.39, 0.29) is 5.91 Å². The lowest BCUT2D eigenvalue weighted by molar-refractivity contribution is -0.117. The summed E-state index contributed by atoms with van der Waals surface area (Å²) in [5, 5.41) is 6.96. The molecule has 1 atom stereocenters. The van der Waals surface area contributed by atoms with Gasteiger partial charge >= 0.3 is 0 Å². The Morgan fingerprint density at radius 2 is 2.37 bits per heavy atom. The summed E-state index contributed by atoms with van der Waals surface area (Å²) in [6.45, 7) is 2.03. The van der Waals surface area contributed by atoms with Crippen LogP contribution >= 0.6 is 11.3 Å². The summed E-state index contributed by atoms with van der Waals surface area (Å²) in [5.41, 5.74) is 0.946. The van der Waals surface area contributed by atoms with Crippen molar-refractivity contribution in [2.75, 3.05) is 18.4 Å². The van der Waals surface area contributed by atoms with Gasteiger partial charge in [0.25, 0.3) is 0 Å². The standard InChI is InChI=1S/C14H17N3OS/c18-13(8-10-4-3-7-15-9-10)17-14-16-11-5-1-2-6-12(11)19-14/h1-2,5-6,10,15H,3-4,7-9H2,(H,16,17,18). The molecule has 1 aliphatic heterocycles. The Balaban J connectivity index is 1.62. The molecule has 1 aliphatic rings. The minimum absolute atomic E-state index is 0.0766. The number of amides is 1. The number of fused-ring (bicyclic) bond motifs is 1. The van der Waals surface area contributed by atoms with Gasteiger partial charge in [-0.1, -0.05) is 23.5 Å². The second-order valence-electron chi connectivity index (χ2n) is 4.95. The van der Waals surface area contributed by atoms with E-state index in [2.05, 4.69) is 15.6 Å².